The second kappa shape index (κ2) is 6.82. The molecule has 0 radical (unpaired) electrons. The van der Waals surface area contributed by atoms with E-state index in [1.165, 1.54) is 0 Å². The van der Waals surface area contributed by atoms with E-state index >= 15 is 0 Å². The molecular weight excluding hydrogens is 316 g/mol. The summed E-state index contributed by atoms with van der Waals surface area (Å²) in [5.74, 6) is 2.13. The van der Waals surface area contributed by atoms with Crippen LogP contribution in [0, 0.1) is 4.77 Å². The van der Waals surface area contributed by atoms with Gasteiger partial charge in [-0.3, -0.25) is 14.5 Å². The molecule has 0 spiro atoms. The monoisotopic (exact) mass is 334 g/mol. The molecule has 0 atom stereocenters. The molecule has 2 N–H and O–H groups in total. The summed E-state index contributed by atoms with van der Waals surface area (Å²) in [7, 11) is 0. The Bertz CT molecular complexity index is 768. The van der Waals surface area contributed by atoms with Crippen LogP contribution in [-0.2, 0) is 24.3 Å². The summed E-state index contributed by atoms with van der Waals surface area (Å²) in [6, 6.07) is 5.61. The maximum Gasteiger partial charge on any atom is 0.240 e. The molecule has 2 aromatic rings. The SMILES string of the molecule is CCCc1n[nH]c(=S)n1CC(=O)NCc1ccc2c(c1)OCO2. The Morgan fingerprint density at radius 3 is 3.09 bits per heavy atom. The fraction of sp³-hybridized carbons (Fsp3) is 0.400. The summed E-state index contributed by atoms with van der Waals surface area (Å²) >= 11 is 5.17. The van der Waals surface area contributed by atoms with E-state index in [1.54, 1.807) is 4.57 Å². The number of hydrogen-bond acceptors (Lipinski definition) is 5. The zero-order valence-electron chi connectivity index (χ0n) is 12.8. The zero-order valence-corrected chi connectivity index (χ0v) is 13.6. The van der Waals surface area contributed by atoms with Gasteiger partial charge >= 0.3 is 0 Å². The third kappa shape index (κ3) is 3.53. The van der Waals surface area contributed by atoms with E-state index in [4.69, 9.17) is 21.7 Å². The Morgan fingerprint density at radius 2 is 2.26 bits per heavy atom. The Labute approximate surface area is 138 Å². The molecule has 7 nitrogen and oxygen atoms in total. The van der Waals surface area contributed by atoms with Crippen LogP contribution in [0.15, 0.2) is 18.2 Å². The summed E-state index contributed by atoms with van der Waals surface area (Å²) in [5, 5.41) is 9.77. The number of amides is 1. The van der Waals surface area contributed by atoms with Gasteiger partial charge in [-0.2, -0.15) is 5.10 Å². The van der Waals surface area contributed by atoms with Gasteiger partial charge in [-0.25, -0.2) is 0 Å². The Hall–Kier alpha value is -2.35. The minimum absolute atomic E-state index is 0.113. The highest BCUT2D eigenvalue weighted by Crippen LogP contribution is 2.32. The molecule has 23 heavy (non-hydrogen) atoms. The minimum Gasteiger partial charge on any atom is -0.454 e. The van der Waals surface area contributed by atoms with E-state index in [0.717, 1.165) is 30.0 Å². The molecule has 1 aliphatic heterocycles. The number of rotatable bonds is 6. The van der Waals surface area contributed by atoms with Crippen LogP contribution in [0.4, 0.5) is 0 Å². The van der Waals surface area contributed by atoms with Gasteiger partial charge in [0.1, 0.15) is 12.4 Å². The average Bonchev–Trinajstić information content (AvgIpc) is 3.14. The standard InChI is InChI=1S/C15H18N4O3S/c1-2-3-13-17-18-15(23)19(13)8-14(20)16-7-10-4-5-11-12(6-10)22-9-21-11/h4-6H,2-3,7-9H2,1H3,(H,16,20)(H,18,23). The van der Waals surface area contributed by atoms with Crippen LogP contribution in [0.3, 0.4) is 0 Å². The largest absolute Gasteiger partial charge is 0.454 e. The zero-order chi connectivity index (χ0) is 16.2. The number of aromatic nitrogens is 3. The highest BCUT2D eigenvalue weighted by Gasteiger charge is 2.14. The molecule has 0 saturated carbocycles. The number of aryl methyl sites for hydroxylation is 1. The van der Waals surface area contributed by atoms with Gasteiger partial charge in [0.2, 0.25) is 12.7 Å². The number of ether oxygens (including phenoxy) is 2. The fourth-order valence-corrected chi connectivity index (χ4v) is 2.59. The van der Waals surface area contributed by atoms with Crippen LogP contribution in [0.25, 0.3) is 0 Å². The maximum atomic E-state index is 12.2. The van der Waals surface area contributed by atoms with E-state index < -0.39 is 0 Å². The van der Waals surface area contributed by atoms with Gasteiger partial charge < -0.3 is 14.8 Å². The summed E-state index contributed by atoms with van der Waals surface area (Å²) in [6.45, 7) is 2.88. The first kappa shape index (κ1) is 15.5. The van der Waals surface area contributed by atoms with Crippen LogP contribution < -0.4 is 14.8 Å². The number of carbonyl (C=O) groups excluding carboxylic acids is 1. The highest BCUT2D eigenvalue weighted by molar-refractivity contribution is 7.71. The lowest BCUT2D eigenvalue weighted by Crippen LogP contribution is -2.27. The number of carbonyl (C=O) groups is 1. The van der Waals surface area contributed by atoms with Gasteiger partial charge in [-0.1, -0.05) is 13.0 Å². The molecule has 0 saturated heterocycles. The van der Waals surface area contributed by atoms with Gasteiger partial charge in [0.25, 0.3) is 0 Å². The van der Waals surface area contributed by atoms with Crippen LogP contribution >= 0.6 is 12.2 Å². The quantitative estimate of drug-likeness (QED) is 0.789. The number of aromatic amines is 1. The fourth-order valence-electron chi connectivity index (χ4n) is 2.38. The van der Waals surface area contributed by atoms with Crippen molar-refractivity contribution in [2.75, 3.05) is 6.79 Å². The first-order valence-electron chi connectivity index (χ1n) is 7.46. The predicted molar refractivity (Wildman–Crippen MR) is 85.8 cm³/mol. The minimum atomic E-state index is -0.113. The molecule has 2 heterocycles. The van der Waals surface area contributed by atoms with E-state index in [9.17, 15) is 4.79 Å². The normalized spacial score (nSPS) is 12.4. The molecule has 0 fully saturated rings. The van der Waals surface area contributed by atoms with Crippen LogP contribution in [0.2, 0.25) is 0 Å². The number of H-pyrrole nitrogens is 1. The van der Waals surface area contributed by atoms with E-state index in [0.29, 0.717) is 17.1 Å². The summed E-state index contributed by atoms with van der Waals surface area (Å²) < 4.78 is 12.8. The lowest BCUT2D eigenvalue weighted by Gasteiger charge is -2.08. The van der Waals surface area contributed by atoms with Crippen molar-refractivity contribution >= 4 is 18.1 Å². The average molecular weight is 334 g/mol. The third-order valence-electron chi connectivity index (χ3n) is 3.54. The van der Waals surface area contributed by atoms with Crippen molar-refractivity contribution in [2.24, 2.45) is 0 Å². The van der Waals surface area contributed by atoms with E-state index in [2.05, 4.69) is 22.4 Å². The molecule has 1 amide bonds. The predicted octanol–water partition coefficient (Wildman–Crippen LogP) is 1.94. The van der Waals surface area contributed by atoms with Gasteiger partial charge in [-0.05, 0) is 36.3 Å². The summed E-state index contributed by atoms with van der Waals surface area (Å²) in [4.78, 5) is 12.2. The molecule has 0 aliphatic carbocycles. The van der Waals surface area contributed by atoms with Gasteiger partial charge in [0, 0.05) is 13.0 Å². The number of fused-ring (bicyclic) bond motifs is 1. The van der Waals surface area contributed by atoms with Crippen molar-refractivity contribution in [3.05, 3.63) is 34.4 Å². The lowest BCUT2D eigenvalue weighted by molar-refractivity contribution is -0.121. The van der Waals surface area contributed by atoms with Crippen LogP contribution in [0.5, 0.6) is 11.5 Å². The Kier molecular flexibility index (Phi) is 4.61. The van der Waals surface area contributed by atoms with Crippen molar-refractivity contribution < 1.29 is 14.3 Å². The lowest BCUT2D eigenvalue weighted by atomic mass is 10.2. The van der Waals surface area contributed by atoms with Crippen LogP contribution in [-0.4, -0.2) is 27.5 Å². The van der Waals surface area contributed by atoms with Crippen molar-refractivity contribution in [1.29, 1.82) is 0 Å². The second-order valence-electron chi connectivity index (χ2n) is 5.25. The summed E-state index contributed by atoms with van der Waals surface area (Å²) in [5.41, 5.74) is 0.951. The molecule has 0 unspecified atom stereocenters. The number of nitrogens with zero attached hydrogens (tertiary/aromatic N) is 2. The van der Waals surface area contributed by atoms with Crippen molar-refractivity contribution in [3.8, 4) is 11.5 Å². The smallest absolute Gasteiger partial charge is 0.240 e. The number of benzene rings is 1. The molecule has 1 aromatic carbocycles. The van der Waals surface area contributed by atoms with Crippen molar-refractivity contribution in [1.82, 2.24) is 20.1 Å². The van der Waals surface area contributed by atoms with Crippen molar-refractivity contribution in [2.45, 2.75) is 32.9 Å². The molecule has 1 aromatic heterocycles. The molecule has 0 bridgehead atoms. The maximum absolute atomic E-state index is 12.2. The molecule has 1 aliphatic rings. The first-order valence-corrected chi connectivity index (χ1v) is 7.87. The highest BCUT2D eigenvalue weighted by atomic mass is 32.1. The molecular formula is C15H18N4O3S. The van der Waals surface area contributed by atoms with E-state index in [1.807, 2.05) is 18.2 Å². The number of hydrogen-bond donors (Lipinski definition) is 2. The van der Waals surface area contributed by atoms with Gasteiger partial charge in [0.05, 0.1) is 0 Å². The van der Waals surface area contributed by atoms with Crippen molar-refractivity contribution in [3.63, 3.8) is 0 Å². The number of nitrogens with one attached hydrogen (secondary N) is 2. The Morgan fingerprint density at radius 1 is 1.43 bits per heavy atom. The molecule has 122 valence electrons. The first-order chi connectivity index (χ1) is 11.2. The summed E-state index contributed by atoms with van der Waals surface area (Å²) in [6.07, 6.45) is 1.72. The van der Waals surface area contributed by atoms with E-state index in [-0.39, 0.29) is 19.2 Å². The second-order valence-corrected chi connectivity index (χ2v) is 5.63. The molecule has 3 rings (SSSR count). The van der Waals surface area contributed by atoms with Crippen LogP contribution in [0.1, 0.15) is 24.7 Å². The van der Waals surface area contributed by atoms with Gasteiger partial charge in [-0.15, -0.1) is 0 Å². The Balaban J connectivity index is 1.60. The third-order valence-corrected chi connectivity index (χ3v) is 3.85. The topological polar surface area (TPSA) is 81.2 Å². The van der Waals surface area contributed by atoms with Gasteiger partial charge in [0.15, 0.2) is 16.3 Å². The molecule has 8 heteroatoms.